The Bertz CT molecular complexity index is 88.2. The average molecular weight is 214 g/mol. The van der Waals surface area contributed by atoms with Crippen molar-refractivity contribution in [2.24, 2.45) is 0 Å². The van der Waals surface area contributed by atoms with Gasteiger partial charge in [-0.1, -0.05) is 0 Å². The molecule has 4 heteroatoms. The summed E-state index contributed by atoms with van der Waals surface area (Å²) in [5, 5.41) is 7.87. The Morgan fingerprint density at radius 1 is 1.86 bits per heavy atom. The van der Waals surface area contributed by atoms with Gasteiger partial charge in [0.25, 0.3) is 0 Å². The first-order valence-electron chi connectivity index (χ1n) is 1.44. The van der Waals surface area contributed by atoms with Crippen molar-refractivity contribution in [3.63, 3.8) is 0 Å². The van der Waals surface area contributed by atoms with Gasteiger partial charge in [-0.15, -0.1) is 0 Å². The highest BCUT2D eigenvalue weighted by molar-refractivity contribution is 14.1. The molecule has 0 aromatic rings. The van der Waals surface area contributed by atoms with E-state index < -0.39 is 5.97 Å². The van der Waals surface area contributed by atoms with Gasteiger partial charge in [-0.2, -0.15) is 0 Å². The molecule has 0 fully saturated rings. The molecule has 0 atom stereocenters. The van der Waals surface area contributed by atoms with Crippen LogP contribution >= 0.6 is 23.0 Å². The van der Waals surface area contributed by atoms with E-state index >= 15 is 0 Å². The fourth-order valence-corrected chi connectivity index (χ4v) is 0.231. The maximum atomic E-state index is 9.59. The number of carbonyl (C=O) groups is 1. The van der Waals surface area contributed by atoms with E-state index in [2.05, 4.69) is 3.07 Å². The SMILES string of the molecule is O=C(O)/C=C\OI. The number of carboxylic acid groups (broad SMARTS) is 1. The van der Waals surface area contributed by atoms with Crippen molar-refractivity contribution in [3.05, 3.63) is 12.3 Å². The maximum absolute atomic E-state index is 9.59. The van der Waals surface area contributed by atoms with Gasteiger partial charge in [0.2, 0.25) is 0 Å². The molecule has 0 aliphatic heterocycles. The molecule has 0 amide bonds. The zero-order chi connectivity index (χ0) is 5.70. The summed E-state index contributed by atoms with van der Waals surface area (Å²) >= 11 is 1.57. The second kappa shape index (κ2) is 3.91. The third kappa shape index (κ3) is 5.74. The first-order chi connectivity index (χ1) is 3.27. The predicted octanol–water partition coefficient (Wildman–Crippen LogP) is 0.951. The lowest BCUT2D eigenvalue weighted by Gasteiger charge is -1.76. The van der Waals surface area contributed by atoms with Gasteiger partial charge in [-0.3, -0.25) is 0 Å². The van der Waals surface area contributed by atoms with E-state index in [1.807, 2.05) is 0 Å². The topological polar surface area (TPSA) is 46.5 Å². The molecule has 0 aromatic carbocycles. The first kappa shape index (κ1) is 6.74. The third-order valence-corrected chi connectivity index (χ3v) is 0.556. The molecule has 3 nitrogen and oxygen atoms in total. The highest BCUT2D eigenvalue weighted by Gasteiger charge is 1.80. The minimum Gasteiger partial charge on any atom is -0.478 e. The largest absolute Gasteiger partial charge is 0.478 e. The van der Waals surface area contributed by atoms with Crippen LogP contribution in [0.3, 0.4) is 0 Å². The van der Waals surface area contributed by atoms with Crippen molar-refractivity contribution >= 4 is 29.0 Å². The van der Waals surface area contributed by atoms with Gasteiger partial charge in [-0.05, 0) is 0 Å². The molecule has 0 rings (SSSR count). The van der Waals surface area contributed by atoms with E-state index in [1.165, 1.54) is 0 Å². The van der Waals surface area contributed by atoms with Crippen LogP contribution < -0.4 is 0 Å². The summed E-state index contributed by atoms with van der Waals surface area (Å²) in [5.41, 5.74) is 0. The van der Waals surface area contributed by atoms with Crippen molar-refractivity contribution in [2.75, 3.05) is 0 Å². The van der Waals surface area contributed by atoms with Gasteiger partial charge in [0, 0.05) is 0 Å². The van der Waals surface area contributed by atoms with Gasteiger partial charge in [-0.25, -0.2) is 4.79 Å². The molecule has 0 unspecified atom stereocenters. The Morgan fingerprint density at radius 2 is 2.43 bits per heavy atom. The lowest BCUT2D eigenvalue weighted by Crippen LogP contribution is -1.84. The van der Waals surface area contributed by atoms with E-state index in [0.717, 1.165) is 12.3 Å². The highest BCUT2D eigenvalue weighted by Crippen LogP contribution is 1.84. The molecule has 0 aliphatic rings. The zero-order valence-electron chi connectivity index (χ0n) is 3.30. The second-order valence-corrected chi connectivity index (χ2v) is 1.24. The predicted molar refractivity (Wildman–Crippen MR) is 31.9 cm³/mol. The van der Waals surface area contributed by atoms with Gasteiger partial charge in [0.15, 0.2) is 23.0 Å². The summed E-state index contributed by atoms with van der Waals surface area (Å²) in [5.74, 6) is -1.00. The molecule has 0 heterocycles. The Labute approximate surface area is 54.7 Å². The molecule has 7 heavy (non-hydrogen) atoms. The average Bonchev–Trinajstić information content (AvgIpc) is 1.61. The van der Waals surface area contributed by atoms with Gasteiger partial charge < -0.3 is 8.17 Å². The van der Waals surface area contributed by atoms with Crippen LogP contribution in [0.25, 0.3) is 0 Å². The number of aliphatic carboxylic acids is 1. The standard InChI is InChI=1S/C3H3IO3/c4-7-2-1-3(5)6/h1-2H,(H,5,6)/b2-1-. The van der Waals surface area contributed by atoms with Gasteiger partial charge in [0.1, 0.15) is 6.26 Å². The molecule has 0 aliphatic carbocycles. The summed E-state index contributed by atoms with van der Waals surface area (Å²) < 4.78 is 4.26. The number of rotatable bonds is 2. The van der Waals surface area contributed by atoms with E-state index in [9.17, 15) is 4.79 Å². The lowest BCUT2D eigenvalue weighted by atomic mass is 10.7. The zero-order valence-corrected chi connectivity index (χ0v) is 5.45. The summed E-state index contributed by atoms with van der Waals surface area (Å²) in [4.78, 5) is 9.59. The normalized spacial score (nSPS) is 9.29. The summed E-state index contributed by atoms with van der Waals surface area (Å²) in [6, 6.07) is 0. The molecule has 0 spiro atoms. The van der Waals surface area contributed by atoms with Gasteiger partial charge >= 0.3 is 5.97 Å². The van der Waals surface area contributed by atoms with Crippen LogP contribution in [0.4, 0.5) is 0 Å². The fraction of sp³-hybridized carbons (Fsp3) is 0. The monoisotopic (exact) mass is 214 g/mol. The lowest BCUT2D eigenvalue weighted by molar-refractivity contribution is -0.131. The molecule has 40 valence electrons. The fourth-order valence-electron chi connectivity index (χ4n) is 0.0839. The van der Waals surface area contributed by atoms with E-state index in [-0.39, 0.29) is 0 Å². The molecule has 0 aromatic heterocycles. The van der Waals surface area contributed by atoms with Crippen molar-refractivity contribution < 1.29 is 13.0 Å². The van der Waals surface area contributed by atoms with E-state index in [0.29, 0.717) is 0 Å². The number of hydrogen-bond acceptors (Lipinski definition) is 2. The number of halogens is 1. The minimum absolute atomic E-state index is 0.909. The molecule has 0 saturated carbocycles. The second-order valence-electron chi connectivity index (χ2n) is 0.730. The van der Waals surface area contributed by atoms with Crippen LogP contribution in [0.15, 0.2) is 12.3 Å². The van der Waals surface area contributed by atoms with Crippen LogP contribution in [-0.2, 0) is 7.86 Å². The maximum Gasteiger partial charge on any atom is 0.331 e. The molecule has 0 bridgehead atoms. The summed E-state index contributed by atoms with van der Waals surface area (Å²) in [6.45, 7) is 0. The van der Waals surface area contributed by atoms with Crippen LogP contribution in [-0.4, -0.2) is 11.1 Å². The van der Waals surface area contributed by atoms with Crippen LogP contribution in [0.2, 0.25) is 0 Å². The Kier molecular flexibility index (Phi) is 3.77. The Balaban J connectivity index is 3.26. The summed E-state index contributed by atoms with van der Waals surface area (Å²) in [7, 11) is 0. The van der Waals surface area contributed by atoms with Crippen molar-refractivity contribution in [2.45, 2.75) is 0 Å². The highest BCUT2D eigenvalue weighted by atomic mass is 127. The van der Waals surface area contributed by atoms with E-state index in [1.54, 1.807) is 23.0 Å². The Hall–Kier alpha value is -0.260. The van der Waals surface area contributed by atoms with Crippen LogP contribution in [0, 0.1) is 0 Å². The van der Waals surface area contributed by atoms with E-state index in [4.69, 9.17) is 5.11 Å². The molecular weight excluding hydrogens is 211 g/mol. The number of carboxylic acids is 1. The van der Waals surface area contributed by atoms with Crippen molar-refractivity contribution in [3.8, 4) is 0 Å². The Morgan fingerprint density at radius 3 is 2.57 bits per heavy atom. The van der Waals surface area contributed by atoms with Crippen molar-refractivity contribution in [1.82, 2.24) is 0 Å². The summed E-state index contributed by atoms with van der Waals surface area (Å²) in [6.07, 6.45) is 2.00. The molecule has 0 radical (unpaired) electrons. The molecule has 0 saturated heterocycles. The molecular formula is C3H3IO3. The first-order valence-corrected chi connectivity index (χ1v) is 2.32. The quantitative estimate of drug-likeness (QED) is 0.422. The van der Waals surface area contributed by atoms with Crippen LogP contribution in [0.1, 0.15) is 0 Å². The van der Waals surface area contributed by atoms with Crippen LogP contribution in [0.5, 0.6) is 0 Å². The molecule has 1 N–H and O–H groups in total. The van der Waals surface area contributed by atoms with Gasteiger partial charge in [0.05, 0.1) is 6.08 Å². The third-order valence-electron chi connectivity index (χ3n) is 0.262. The minimum atomic E-state index is -1.00. The smallest absolute Gasteiger partial charge is 0.331 e. The number of hydrogen-bond donors (Lipinski definition) is 1. The van der Waals surface area contributed by atoms with Crippen molar-refractivity contribution in [1.29, 1.82) is 0 Å².